The largest absolute Gasteiger partial charge is 0.346 e. The number of anilines is 5. The van der Waals surface area contributed by atoms with Gasteiger partial charge < -0.3 is 5.32 Å². The summed E-state index contributed by atoms with van der Waals surface area (Å²) in [5.74, 6) is 1.92. The minimum atomic E-state index is -0.209. The van der Waals surface area contributed by atoms with Gasteiger partial charge in [-0.1, -0.05) is 194 Å². The molecule has 1 unspecified atom stereocenters. The average molecular weight is 821 g/mol. The first kappa shape index (κ1) is 37.2. The first-order valence-corrected chi connectivity index (χ1v) is 21.6. The van der Waals surface area contributed by atoms with E-state index in [2.05, 4.69) is 185 Å². The second-order valence-electron chi connectivity index (χ2n) is 16.1. The Morgan fingerprint density at radius 2 is 0.703 bits per heavy atom. The van der Waals surface area contributed by atoms with Crippen molar-refractivity contribution in [2.24, 2.45) is 0 Å². The molecule has 0 fully saturated rings. The summed E-state index contributed by atoms with van der Waals surface area (Å²) in [5.41, 5.74) is 17.7. The van der Waals surface area contributed by atoms with E-state index in [4.69, 9.17) is 15.0 Å². The number of para-hydroxylation sites is 2. The maximum absolute atomic E-state index is 4.98. The van der Waals surface area contributed by atoms with E-state index in [0.717, 1.165) is 78.5 Å². The Hall–Kier alpha value is -8.61. The molecule has 6 nitrogen and oxygen atoms in total. The Kier molecular flexibility index (Phi) is 9.12. The number of nitrogens with zero attached hydrogens (tertiary/aromatic N) is 5. The van der Waals surface area contributed by atoms with Crippen molar-refractivity contribution in [2.75, 3.05) is 15.1 Å². The van der Waals surface area contributed by atoms with Gasteiger partial charge in [0.05, 0.1) is 28.4 Å². The average Bonchev–Trinajstić information content (AvgIpc) is 3.91. The van der Waals surface area contributed by atoms with Gasteiger partial charge in [-0.15, -0.1) is 0 Å². The summed E-state index contributed by atoms with van der Waals surface area (Å²) in [6.45, 7) is 0. The molecule has 1 atom stereocenters. The van der Waals surface area contributed by atoms with Crippen LogP contribution in [-0.2, 0) is 0 Å². The first-order valence-electron chi connectivity index (χ1n) is 21.6. The van der Waals surface area contributed by atoms with Crippen molar-refractivity contribution in [2.45, 2.75) is 6.29 Å². The van der Waals surface area contributed by atoms with Crippen molar-refractivity contribution in [3.05, 3.63) is 231 Å². The van der Waals surface area contributed by atoms with Gasteiger partial charge in [0, 0.05) is 27.8 Å². The fourth-order valence-electron chi connectivity index (χ4n) is 9.17. The number of rotatable bonds is 8. The van der Waals surface area contributed by atoms with Crippen molar-refractivity contribution in [3.63, 3.8) is 0 Å². The van der Waals surface area contributed by atoms with Crippen LogP contribution in [0.1, 0.15) is 0 Å². The van der Waals surface area contributed by atoms with Crippen LogP contribution < -0.4 is 15.1 Å². The second kappa shape index (κ2) is 15.7. The number of nitrogens with one attached hydrogen (secondary N) is 1. The fourth-order valence-corrected chi connectivity index (χ4v) is 9.17. The zero-order valence-electron chi connectivity index (χ0n) is 34.8. The number of aromatic nitrogens is 3. The van der Waals surface area contributed by atoms with Crippen molar-refractivity contribution in [1.29, 1.82) is 0 Å². The molecule has 302 valence electrons. The lowest BCUT2D eigenvalue weighted by atomic mass is 9.90. The lowest BCUT2D eigenvalue weighted by Gasteiger charge is -2.32. The third kappa shape index (κ3) is 6.57. The molecule has 0 aliphatic carbocycles. The molecule has 0 amide bonds. The Morgan fingerprint density at radius 3 is 1.23 bits per heavy atom. The van der Waals surface area contributed by atoms with Crippen LogP contribution in [0.3, 0.4) is 0 Å². The van der Waals surface area contributed by atoms with E-state index in [1.165, 1.54) is 11.1 Å². The highest BCUT2D eigenvalue weighted by Crippen LogP contribution is 2.57. The molecular formula is C58H40N6. The van der Waals surface area contributed by atoms with Crippen LogP contribution in [0.25, 0.3) is 78.7 Å². The minimum absolute atomic E-state index is 0.209. The van der Waals surface area contributed by atoms with E-state index in [9.17, 15) is 0 Å². The van der Waals surface area contributed by atoms with Crippen LogP contribution in [0.15, 0.2) is 231 Å². The van der Waals surface area contributed by atoms with Gasteiger partial charge in [0.25, 0.3) is 0 Å². The summed E-state index contributed by atoms with van der Waals surface area (Å²) in [6.07, 6.45) is -0.209. The molecule has 2 aliphatic rings. The molecule has 0 saturated carbocycles. The summed E-state index contributed by atoms with van der Waals surface area (Å²) in [6, 6.07) is 81.3. The SMILES string of the molecule is c1ccc(-c2cc(-c3ccccc3)c(N3c4ccc(-c5ccc(-c6nc(-c7ccccc7)nc(-c7ccccc7)n6)cc5)cc4N4c5ccccc5NC43)c(-c3ccccc3)c2)cc1. The predicted octanol–water partition coefficient (Wildman–Crippen LogP) is 14.5. The van der Waals surface area contributed by atoms with Crippen LogP contribution in [0.5, 0.6) is 0 Å². The van der Waals surface area contributed by atoms with Crippen LogP contribution >= 0.6 is 0 Å². The molecular weight excluding hydrogens is 781 g/mol. The Balaban J connectivity index is 1.00. The molecule has 64 heavy (non-hydrogen) atoms. The molecule has 0 saturated heterocycles. The molecule has 1 N–H and O–H groups in total. The molecule has 9 aromatic carbocycles. The number of hydrogen-bond donors (Lipinski definition) is 1. The van der Waals surface area contributed by atoms with E-state index in [1.54, 1.807) is 0 Å². The summed E-state index contributed by atoms with van der Waals surface area (Å²) >= 11 is 0. The Bertz CT molecular complexity index is 3170. The first-order chi connectivity index (χ1) is 31.7. The second-order valence-corrected chi connectivity index (χ2v) is 16.1. The van der Waals surface area contributed by atoms with Gasteiger partial charge in [-0.25, -0.2) is 15.0 Å². The van der Waals surface area contributed by atoms with Gasteiger partial charge in [-0.2, -0.15) is 0 Å². The molecule has 10 aromatic rings. The maximum atomic E-state index is 4.98. The van der Waals surface area contributed by atoms with Crippen molar-refractivity contribution in [1.82, 2.24) is 15.0 Å². The van der Waals surface area contributed by atoms with Gasteiger partial charge in [0.1, 0.15) is 0 Å². The minimum Gasteiger partial charge on any atom is -0.346 e. The maximum Gasteiger partial charge on any atom is 0.187 e. The van der Waals surface area contributed by atoms with Crippen molar-refractivity contribution < 1.29 is 0 Å². The molecule has 0 radical (unpaired) electrons. The van der Waals surface area contributed by atoms with Crippen LogP contribution in [-0.4, -0.2) is 21.2 Å². The predicted molar refractivity (Wildman–Crippen MR) is 262 cm³/mol. The number of hydrogen-bond acceptors (Lipinski definition) is 6. The standard InChI is InChI=1S/C58H40N6/c1-6-18-39(19-7-1)47-36-48(41-20-8-2-9-21-41)54(49(37-47)42-22-10-3-11-23-42)64-52-35-34-46(38-53(52)63-51-29-17-16-28-50(51)59-58(63)64)40-30-32-45(33-31-40)57-61-55(43-24-12-4-13-25-43)60-56(62-57)44-26-14-5-15-27-44/h1-38,58-59H. The van der Waals surface area contributed by atoms with Gasteiger partial charge in [0.15, 0.2) is 23.8 Å². The van der Waals surface area contributed by atoms with Crippen LogP contribution in [0.2, 0.25) is 0 Å². The monoisotopic (exact) mass is 820 g/mol. The van der Waals surface area contributed by atoms with E-state index in [0.29, 0.717) is 17.5 Å². The summed E-state index contributed by atoms with van der Waals surface area (Å²) < 4.78 is 0. The van der Waals surface area contributed by atoms with Crippen LogP contribution in [0, 0.1) is 0 Å². The van der Waals surface area contributed by atoms with Gasteiger partial charge >= 0.3 is 0 Å². The highest BCUT2D eigenvalue weighted by Gasteiger charge is 2.44. The quantitative estimate of drug-likeness (QED) is 0.165. The van der Waals surface area contributed by atoms with E-state index in [1.807, 2.05) is 60.7 Å². The topological polar surface area (TPSA) is 57.2 Å². The molecule has 0 bridgehead atoms. The normalized spacial score (nSPS) is 13.5. The fraction of sp³-hybridized carbons (Fsp3) is 0.0172. The molecule has 2 aliphatic heterocycles. The molecule has 12 rings (SSSR count). The molecule has 3 heterocycles. The highest BCUT2D eigenvalue weighted by molar-refractivity contribution is 6.04. The zero-order valence-corrected chi connectivity index (χ0v) is 34.8. The summed E-state index contributed by atoms with van der Waals surface area (Å²) in [5, 5.41) is 3.95. The summed E-state index contributed by atoms with van der Waals surface area (Å²) in [7, 11) is 0. The lowest BCUT2D eigenvalue weighted by Crippen LogP contribution is -2.40. The number of fused-ring (bicyclic) bond motifs is 5. The Morgan fingerprint density at radius 1 is 0.297 bits per heavy atom. The smallest absolute Gasteiger partial charge is 0.187 e. The van der Waals surface area contributed by atoms with Gasteiger partial charge in [-0.3, -0.25) is 9.80 Å². The molecule has 6 heteroatoms. The Labute approximate surface area is 372 Å². The van der Waals surface area contributed by atoms with E-state index in [-0.39, 0.29) is 6.29 Å². The highest BCUT2D eigenvalue weighted by atomic mass is 15.5. The zero-order chi connectivity index (χ0) is 42.4. The molecule has 1 aromatic heterocycles. The van der Waals surface area contributed by atoms with E-state index < -0.39 is 0 Å². The van der Waals surface area contributed by atoms with E-state index >= 15 is 0 Å². The third-order valence-corrected chi connectivity index (χ3v) is 12.2. The van der Waals surface area contributed by atoms with Crippen LogP contribution in [0.4, 0.5) is 28.4 Å². The van der Waals surface area contributed by atoms with Crippen molar-refractivity contribution in [3.8, 4) is 78.7 Å². The lowest BCUT2D eigenvalue weighted by molar-refractivity contribution is 0.809. The van der Waals surface area contributed by atoms with Crippen molar-refractivity contribution >= 4 is 28.4 Å². The van der Waals surface area contributed by atoms with Gasteiger partial charge in [-0.05, 0) is 69.8 Å². The van der Waals surface area contributed by atoms with Gasteiger partial charge in [0.2, 0.25) is 0 Å². The number of benzene rings is 9. The summed E-state index contributed by atoms with van der Waals surface area (Å²) in [4.78, 5) is 19.8. The third-order valence-electron chi connectivity index (χ3n) is 12.2. The molecule has 0 spiro atoms.